The van der Waals surface area contributed by atoms with E-state index >= 15 is 0 Å². The average Bonchev–Trinajstić information content (AvgIpc) is 2.31. The Hall–Kier alpha value is -1.55. The molecule has 2 N–H and O–H groups in total. The summed E-state index contributed by atoms with van der Waals surface area (Å²) in [6.07, 6.45) is 0.354. The molecule has 0 saturated heterocycles. The zero-order chi connectivity index (χ0) is 13.8. The van der Waals surface area contributed by atoms with E-state index in [2.05, 4.69) is 0 Å². The molecule has 0 aliphatic heterocycles. The van der Waals surface area contributed by atoms with Crippen LogP contribution in [0.1, 0.15) is 25.8 Å². The number of benzene rings is 1. The number of nitrogens with two attached hydrogens (primary N) is 1. The molecule has 0 radical (unpaired) electrons. The molecule has 0 heterocycles. The van der Waals surface area contributed by atoms with Crippen LogP contribution < -0.4 is 5.73 Å². The number of amides is 1. The molecule has 0 atom stereocenters. The first-order chi connectivity index (χ1) is 8.35. The molecule has 1 amide bonds. The fourth-order valence-electron chi connectivity index (χ4n) is 1.59. The van der Waals surface area contributed by atoms with Crippen molar-refractivity contribution in [2.45, 2.75) is 32.4 Å². The topological polar surface area (TPSA) is 55.6 Å². The molecule has 100 valence electrons. The second kappa shape index (κ2) is 5.87. The van der Waals surface area contributed by atoms with Crippen molar-refractivity contribution in [3.05, 3.63) is 29.8 Å². The van der Waals surface area contributed by atoms with Gasteiger partial charge in [0.1, 0.15) is 0 Å². The highest BCUT2D eigenvalue weighted by atomic mass is 16.5. The number of methoxy groups -OCH3 is 1. The lowest BCUT2D eigenvalue weighted by molar-refractivity contribution is -0.135. The normalized spacial score (nSPS) is 11.3. The van der Waals surface area contributed by atoms with Gasteiger partial charge in [0, 0.05) is 26.4 Å². The molecule has 1 aromatic carbocycles. The van der Waals surface area contributed by atoms with Gasteiger partial charge in [-0.15, -0.1) is 0 Å². The second-order valence-corrected chi connectivity index (χ2v) is 5.09. The van der Waals surface area contributed by atoms with Crippen LogP contribution >= 0.6 is 0 Å². The number of nitrogen functional groups attached to an aromatic ring is 1. The van der Waals surface area contributed by atoms with E-state index in [1.54, 1.807) is 19.1 Å². The lowest BCUT2D eigenvalue weighted by Crippen LogP contribution is -2.34. The van der Waals surface area contributed by atoms with Crippen LogP contribution in [0.15, 0.2) is 24.3 Å². The summed E-state index contributed by atoms with van der Waals surface area (Å²) in [5, 5.41) is 0. The van der Waals surface area contributed by atoms with E-state index in [9.17, 15) is 4.79 Å². The Labute approximate surface area is 109 Å². The molecule has 0 bridgehead atoms. The Kier molecular flexibility index (Phi) is 4.73. The van der Waals surface area contributed by atoms with E-state index in [0.29, 0.717) is 18.7 Å². The largest absolute Gasteiger partial charge is 0.398 e. The summed E-state index contributed by atoms with van der Waals surface area (Å²) in [6.45, 7) is 4.32. The minimum absolute atomic E-state index is 0.0464. The molecule has 1 aromatic rings. The SMILES string of the molecule is COC(C)(C)CC(=O)N(C)Cc1ccccc1N. The number of hydrogen-bond donors (Lipinski definition) is 1. The smallest absolute Gasteiger partial charge is 0.225 e. The van der Waals surface area contributed by atoms with Crippen LogP contribution in [0.4, 0.5) is 5.69 Å². The van der Waals surface area contributed by atoms with Gasteiger partial charge in [0.05, 0.1) is 12.0 Å². The maximum Gasteiger partial charge on any atom is 0.225 e. The zero-order valence-corrected chi connectivity index (χ0v) is 11.6. The van der Waals surface area contributed by atoms with E-state index in [4.69, 9.17) is 10.5 Å². The van der Waals surface area contributed by atoms with Crippen LogP contribution in [-0.2, 0) is 16.1 Å². The summed E-state index contributed by atoms with van der Waals surface area (Å²) >= 11 is 0. The number of anilines is 1. The van der Waals surface area contributed by atoms with Crippen molar-refractivity contribution in [3.63, 3.8) is 0 Å². The fourth-order valence-corrected chi connectivity index (χ4v) is 1.59. The lowest BCUT2D eigenvalue weighted by atomic mass is 10.0. The number of hydrogen-bond acceptors (Lipinski definition) is 3. The van der Waals surface area contributed by atoms with Gasteiger partial charge in [0.2, 0.25) is 5.91 Å². The Bertz CT molecular complexity index is 416. The first-order valence-electron chi connectivity index (χ1n) is 5.98. The monoisotopic (exact) mass is 250 g/mol. The van der Waals surface area contributed by atoms with Crippen LogP contribution in [0.2, 0.25) is 0 Å². The number of nitrogens with zero attached hydrogens (tertiary/aromatic N) is 1. The maximum absolute atomic E-state index is 12.0. The molecular weight excluding hydrogens is 228 g/mol. The van der Waals surface area contributed by atoms with Crippen molar-refractivity contribution in [1.82, 2.24) is 4.90 Å². The van der Waals surface area contributed by atoms with Crippen molar-refractivity contribution in [2.24, 2.45) is 0 Å². The predicted octanol–water partition coefficient (Wildman–Crippen LogP) is 2.04. The van der Waals surface area contributed by atoms with Crippen LogP contribution in [0.25, 0.3) is 0 Å². The molecule has 0 aliphatic carbocycles. The molecule has 0 fully saturated rings. The van der Waals surface area contributed by atoms with E-state index in [1.807, 2.05) is 38.1 Å². The van der Waals surface area contributed by atoms with Crippen LogP contribution in [0.5, 0.6) is 0 Å². The molecule has 0 aliphatic rings. The first kappa shape index (κ1) is 14.5. The minimum Gasteiger partial charge on any atom is -0.398 e. The van der Waals surface area contributed by atoms with Gasteiger partial charge in [-0.05, 0) is 25.5 Å². The molecule has 4 heteroatoms. The lowest BCUT2D eigenvalue weighted by Gasteiger charge is -2.26. The molecule has 18 heavy (non-hydrogen) atoms. The molecular formula is C14H22N2O2. The summed E-state index contributed by atoms with van der Waals surface area (Å²) in [5.74, 6) is 0.0464. The van der Waals surface area contributed by atoms with Gasteiger partial charge in [-0.2, -0.15) is 0 Å². The van der Waals surface area contributed by atoms with E-state index in [0.717, 1.165) is 5.56 Å². The fraction of sp³-hybridized carbons (Fsp3) is 0.500. The number of rotatable bonds is 5. The predicted molar refractivity (Wildman–Crippen MR) is 73.0 cm³/mol. The summed E-state index contributed by atoms with van der Waals surface area (Å²) in [6, 6.07) is 7.57. The van der Waals surface area contributed by atoms with Gasteiger partial charge >= 0.3 is 0 Å². The standard InChI is InChI=1S/C14H22N2O2/c1-14(2,18-4)9-13(17)16(3)10-11-7-5-6-8-12(11)15/h5-8H,9-10,15H2,1-4H3. The number of carbonyl (C=O) groups excluding carboxylic acids is 1. The Balaban J connectivity index is 2.63. The van der Waals surface area contributed by atoms with Crippen molar-refractivity contribution in [2.75, 3.05) is 19.9 Å². The van der Waals surface area contributed by atoms with Crippen LogP contribution in [0, 0.1) is 0 Å². The summed E-state index contributed by atoms with van der Waals surface area (Å²) in [4.78, 5) is 13.7. The van der Waals surface area contributed by atoms with Gasteiger partial charge in [-0.1, -0.05) is 18.2 Å². The maximum atomic E-state index is 12.0. The third-order valence-corrected chi connectivity index (χ3v) is 3.02. The Morgan fingerprint density at radius 2 is 2.00 bits per heavy atom. The van der Waals surface area contributed by atoms with Crippen molar-refractivity contribution < 1.29 is 9.53 Å². The molecule has 0 unspecified atom stereocenters. The number of para-hydroxylation sites is 1. The number of ether oxygens (including phenoxy) is 1. The van der Waals surface area contributed by atoms with Gasteiger partial charge in [0.25, 0.3) is 0 Å². The van der Waals surface area contributed by atoms with E-state index in [-0.39, 0.29) is 5.91 Å². The third-order valence-electron chi connectivity index (χ3n) is 3.02. The van der Waals surface area contributed by atoms with Crippen LogP contribution in [0.3, 0.4) is 0 Å². The summed E-state index contributed by atoms with van der Waals surface area (Å²) in [5.41, 5.74) is 7.10. The van der Waals surface area contributed by atoms with Gasteiger partial charge in [-0.25, -0.2) is 0 Å². The van der Waals surface area contributed by atoms with Gasteiger partial charge in [-0.3, -0.25) is 4.79 Å². The Morgan fingerprint density at radius 3 is 2.56 bits per heavy atom. The van der Waals surface area contributed by atoms with Crippen molar-refractivity contribution in [1.29, 1.82) is 0 Å². The molecule has 1 rings (SSSR count). The van der Waals surface area contributed by atoms with E-state index < -0.39 is 5.60 Å². The molecule has 0 aromatic heterocycles. The van der Waals surface area contributed by atoms with Crippen LogP contribution in [-0.4, -0.2) is 30.6 Å². The summed E-state index contributed by atoms with van der Waals surface area (Å²) < 4.78 is 5.26. The highest BCUT2D eigenvalue weighted by Crippen LogP contribution is 2.17. The van der Waals surface area contributed by atoms with Gasteiger partial charge < -0.3 is 15.4 Å². The third kappa shape index (κ3) is 4.04. The first-order valence-corrected chi connectivity index (χ1v) is 5.98. The molecule has 4 nitrogen and oxygen atoms in total. The Morgan fingerprint density at radius 1 is 1.39 bits per heavy atom. The summed E-state index contributed by atoms with van der Waals surface area (Å²) in [7, 11) is 3.39. The van der Waals surface area contributed by atoms with Gasteiger partial charge in [0.15, 0.2) is 0 Å². The van der Waals surface area contributed by atoms with Crippen molar-refractivity contribution >= 4 is 11.6 Å². The highest BCUT2D eigenvalue weighted by Gasteiger charge is 2.23. The molecule has 0 saturated carbocycles. The van der Waals surface area contributed by atoms with E-state index in [1.165, 1.54) is 0 Å². The zero-order valence-electron chi connectivity index (χ0n) is 11.6. The minimum atomic E-state index is -0.437. The average molecular weight is 250 g/mol. The number of carbonyl (C=O) groups is 1. The second-order valence-electron chi connectivity index (χ2n) is 5.09. The van der Waals surface area contributed by atoms with Crippen molar-refractivity contribution in [3.8, 4) is 0 Å². The quantitative estimate of drug-likeness (QED) is 0.814. The highest BCUT2D eigenvalue weighted by molar-refractivity contribution is 5.77. The molecule has 0 spiro atoms.